The number of aryl methyl sites for hydroxylation is 1. The summed E-state index contributed by atoms with van der Waals surface area (Å²) in [5.41, 5.74) is 2.01. The molecule has 0 amide bonds. The second-order valence-electron chi connectivity index (χ2n) is 4.18. The summed E-state index contributed by atoms with van der Waals surface area (Å²) in [5.74, 6) is 1.56. The largest absolute Gasteiger partial charge is 0.451 e. The van der Waals surface area contributed by atoms with E-state index in [2.05, 4.69) is 21.6 Å². The van der Waals surface area contributed by atoms with Crippen molar-refractivity contribution in [3.05, 3.63) is 35.7 Å². The van der Waals surface area contributed by atoms with Crippen molar-refractivity contribution in [2.24, 2.45) is 0 Å². The highest BCUT2D eigenvalue weighted by molar-refractivity contribution is 5.82. The smallest absolute Gasteiger partial charge is 0.283 e. The normalized spacial score (nSPS) is 11.2. The summed E-state index contributed by atoms with van der Waals surface area (Å²) in [6.07, 6.45) is 0. The van der Waals surface area contributed by atoms with Gasteiger partial charge in [-0.2, -0.15) is 0 Å². The molecule has 0 saturated carbocycles. The molecule has 0 aliphatic carbocycles. The number of benzene rings is 1. The van der Waals surface area contributed by atoms with Crippen LogP contribution in [0, 0.1) is 6.92 Å². The lowest BCUT2D eigenvalue weighted by atomic mass is 10.2. The van der Waals surface area contributed by atoms with Gasteiger partial charge in [0.25, 0.3) is 5.89 Å². The van der Waals surface area contributed by atoms with E-state index in [-0.39, 0.29) is 0 Å². The SMILES string of the molecule is CNCc1nnc(-c2cc3cc(C)ccc3o2)o1. The van der Waals surface area contributed by atoms with Gasteiger partial charge in [0.2, 0.25) is 5.89 Å². The molecule has 0 saturated heterocycles. The summed E-state index contributed by atoms with van der Waals surface area (Å²) in [6, 6.07) is 7.93. The predicted molar refractivity (Wildman–Crippen MR) is 67.0 cm³/mol. The first-order chi connectivity index (χ1) is 8.76. The maximum Gasteiger partial charge on any atom is 0.283 e. The Balaban J connectivity index is 2.02. The molecule has 1 aromatic carbocycles. The number of rotatable bonds is 3. The molecule has 0 bridgehead atoms. The number of nitrogens with zero attached hydrogens (tertiary/aromatic N) is 2. The Labute approximate surface area is 104 Å². The van der Waals surface area contributed by atoms with E-state index >= 15 is 0 Å². The maximum atomic E-state index is 5.68. The lowest BCUT2D eigenvalue weighted by Gasteiger charge is -1.89. The summed E-state index contributed by atoms with van der Waals surface area (Å²) in [4.78, 5) is 0. The van der Waals surface area contributed by atoms with Crippen LogP contribution in [-0.4, -0.2) is 17.2 Å². The minimum Gasteiger partial charge on any atom is -0.451 e. The molecule has 5 heteroatoms. The number of hydrogen-bond donors (Lipinski definition) is 1. The zero-order valence-electron chi connectivity index (χ0n) is 10.2. The van der Waals surface area contributed by atoms with Crippen LogP contribution in [-0.2, 0) is 6.54 Å². The summed E-state index contributed by atoms with van der Waals surface area (Å²) in [5, 5.41) is 11.9. The van der Waals surface area contributed by atoms with Gasteiger partial charge in [-0.25, -0.2) is 0 Å². The molecule has 5 nitrogen and oxygen atoms in total. The monoisotopic (exact) mass is 243 g/mol. The lowest BCUT2D eigenvalue weighted by Crippen LogP contribution is -2.04. The number of hydrogen-bond acceptors (Lipinski definition) is 5. The molecular weight excluding hydrogens is 230 g/mol. The first-order valence-electron chi connectivity index (χ1n) is 5.74. The Morgan fingerprint density at radius 2 is 2.06 bits per heavy atom. The quantitative estimate of drug-likeness (QED) is 0.765. The fourth-order valence-electron chi connectivity index (χ4n) is 1.84. The molecule has 0 radical (unpaired) electrons. The van der Waals surface area contributed by atoms with E-state index in [9.17, 15) is 0 Å². The van der Waals surface area contributed by atoms with Gasteiger partial charge in [0.1, 0.15) is 5.58 Å². The van der Waals surface area contributed by atoms with Gasteiger partial charge in [-0.3, -0.25) is 0 Å². The topological polar surface area (TPSA) is 64.1 Å². The third-order valence-corrected chi connectivity index (χ3v) is 2.68. The van der Waals surface area contributed by atoms with Crippen LogP contribution in [0.4, 0.5) is 0 Å². The van der Waals surface area contributed by atoms with Crippen LogP contribution in [0.5, 0.6) is 0 Å². The summed E-state index contributed by atoms with van der Waals surface area (Å²) in [7, 11) is 1.83. The second kappa shape index (κ2) is 4.27. The van der Waals surface area contributed by atoms with Crippen LogP contribution >= 0.6 is 0 Å². The Kier molecular flexibility index (Phi) is 2.60. The Hall–Kier alpha value is -2.14. The number of furan rings is 1. The number of fused-ring (bicyclic) bond motifs is 1. The third kappa shape index (κ3) is 1.89. The minimum atomic E-state index is 0.411. The Bertz CT molecular complexity index is 684. The highest BCUT2D eigenvalue weighted by Gasteiger charge is 2.13. The molecule has 0 unspecified atom stereocenters. The van der Waals surface area contributed by atoms with Gasteiger partial charge in [0.05, 0.1) is 6.54 Å². The molecular formula is C13H13N3O2. The van der Waals surface area contributed by atoms with Gasteiger partial charge in [-0.05, 0) is 32.2 Å². The van der Waals surface area contributed by atoms with Gasteiger partial charge >= 0.3 is 0 Å². The highest BCUT2D eigenvalue weighted by atomic mass is 16.4. The molecule has 3 rings (SSSR count). The van der Waals surface area contributed by atoms with E-state index in [1.807, 2.05) is 32.2 Å². The van der Waals surface area contributed by atoms with Gasteiger partial charge in [-0.15, -0.1) is 10.2 Å². The first-order valence-corrected chi connectivity index (χ1v) is 5.74. The Morgan fingerprint density at radius 3 is 2.89 bits per heavy atom. The van der Waals surface area contributed by atoms with Crippen molar-refractivity contribution in [3.63, 3.8) is 0 Å². The van der Waals surface area contributed by atoms with E-state index in [0.717, 1.165) is 11.0 Å². The van der Waals surface area contributed by atoms with Crippen molar-refractivity contribution >= 4 is 11.0 Å². The van der Waals surface area contributed by atoms with Crippen LogP contribution in [0.1, 0.15) is 11.5 Å². The van der Waals surface area contributed by atoms with E-state index in [4.69, 9.17) is 8.83 Å². The highest BCUT2D eigenvalue weighted by Crippen LogP contribution is 2.27. The van der Waals surface area contributed by atoms with Crippen LogP contribution in [0.3, 0.4) is 0 Å². The standard InChI is InChI=1S/C13H13N3O2/c1-8-3-4-10-9(5-8)6-11(17-10)13-16-15-12(18-13)7-14-2/h3-6,14H,7H2,1-2H3. The molecule has 3 aromatic rings. The van der Waals surface area contributed by atoms with Gasteiger partial charge < -0.3 is 14.2 Å². The van der Waals surface area contributed by atoms with Crippen molar-refractivity contribution in [2.75, 3.05) is 7.05 Å². The van der Waals surface area contributed by atoms with Crippen molar-refractivity contribution in [1.29, 1.82) is 0 Å². The second-order valence-corrected chi connectivity index (χ2v) is 4.18. The van der Waals surface area contributed by atoms with E-state index in [1.165, 1.54) is 5.56 Å². The van der Waals surface area contributed by atoms with Gasteiger partial charge in [0.15, 0.2) is 5.76 Å². The van der Waals surface area contributed by atoms with Crippen LogP contribution in [0.2, 0.25) is 0 Å². The maximum absolute atomic E-state index is 5.68. The summed E-state index contributed by atoms with van der Waals surface area (Å²) >= 11 is 0. The average molecular weight is 243 g/mol. The summed E-state index contributed by atoms with van der Waals surface area (Å²) < 4.78 is 11.2. The first kappa shape index (κ1) is 11.0. The molecule has 0 aliphatic rings. The molecule has 2 aromatic heterocycles. The zero-order valence-corrected chi connectivity index (χ0v) is 10.2. The Morgan fingerprint density at radius 1 is 1.17 bits per heavy atom. The molecule has 0 spiro atoms. The third-order valence-electron chi connectivity index (χ3n) is 2.68. The van der Waals surface area contributed by atoms with Crippen LogP contribution < -0.4 is 5.32 Å². The molecule has 0 atom stereocenters. The van der Waals surface area contributed by atoms with Crippen LogP contribution in [0.15, 0.2) is 33.1 Å². The van der Waals surface area contributed by atoms with Gasteiger partial charge in [-0.1, -0.05) is 11.6 Å². The fourth-order valence-corrected chi connectivity index (χ4v) is 1.84. The lowest BCUT2D eigenvalue weighted by molar-refractivity contribution is 0.475. The van der Waals surface area contributed by atoms with E-state index in [0.29, 0.717) is 24.1 Å². The molecule has 2 heterocycles. The van der Waals surface area contributed by atoms with Crippen molar-refractivity contribution in [2.45, 2.75) is 13.5 Å². The molecule has 92 valence electrons. The number of aromatic nitrogens is 2. The van der Waals surface area contributed by atoms with Crippen molar-refractivity contribution < 1.29 is 8.83 Å². The predicted octanol–water partition coefficient (Wildman–Crippen LogP) is 2.51. The molecule has 0 fully saturated rings. The van der Waals surface area contributed by atoms with Crippen molar-refractivity contribution in [3.8, 4) is 11.7 Å². The van der Waals surface area contributed by atoms with Crippen molar-refractivity contribution in [1.82, 2.24) is 15.5 Å². The molecule has 0 aliphatic heterocycles. The number of nitrogens with one attached hydrogen (secondary N) is 1. The zero-order chi connectivity index (χ0) is 12.5. The molecule has 1 N–H and O–H groups in total. The summed E-state index contributed by atoms with van der Waals surface area (Å²) in [6.45, 7) is 2.59. The van der Waals surface area contributed by atoms with E-state index < -0.39 is 0 Å². The molecule has 18 heavy (non-hydrogen) atoms. The van der Waals surface area contributed by atoms with E-state index in [1.54, 1.807) is 0 Å². The minimum absolute atomic E-state index is 0.411. The van der Waals surface area contributed by atoms with Crippen LogP contribution in [0.25, 0.3) is 22.6 Å². The average Bonchev–Trinajstić information content (AvgIpc) is 2.94. The van der Waals surface area contributed by atoms with Gasteiger partial charge in [0, 0.05) is 5.39 Å². The fraction of sp³-hybridized carbons (Fsp3) is 0.231.